The van der Waals surface area contributed by atoms with Crippen molar-refractivity contribution in [3.8, 4) is 28.8 Å². The summed E-state index contributed by atoms with van der Waals surface area (Å²) < 4.78 is 7.16. The Hall–Kier alpha value is -4.71. The molecule has 1 aliphatic rings. The van der Waals surface area contributed by atoms with Crippen LogP contribution >= 0.6 is 0 Å². The van der Waals surface area contributed by atoms with Gasteiger partial charge in [-0.15, -0.1) is 5.10 Å². The summed E-state index contributed by atoms with van der Waals surface area (Å²) in [6, 6.07) is 15.2. The molecule has 1 fully saturated rings. The molecule has 0 spiro atoms. The molecule has 2 N–H and O–H groups in total. The van der Waals surface area contributed by atoms with Crippen molar-refractivity contribution in [2.24, 2.45) is 5.92 Å². The highest BCUT2D eigenvalue weighted by molar-refractivity contribution is 6.05. The molecule has 9 heteroatoms. The third kappa shape index (κ3) is 5.81. The Balaban J connectivity index is 1.38. The molecule has 0 aliphatic heterocycles. The SMILES string of the molecule is COc1c(C#N)cc(C(C)(C)C)cc1NC(=O)c1ccc(C)c(-n2cc(-c3ccc(NCC4CC4)nc3)nn2)c1. The van der Waals surface area contributed by atoms with Crippen LogP contribution in [0.2, 0.25) is 0 Å². The maximum atomic E-state index is 13.4. The van der Waals surface area contributed by atoms with Crippen LogP contribution in [0.25, 0.3) is 16.9 Å². The monoisotopic (exact) mass is 535 g/mol. The van der Waals surface area contributed by atoms with E-state index in [1.807, 2.05) is 37.4 Å². The predicted molar refractivity (Wildman–Crippen MR) is 155 cm³/mol. The maximum absolute atomic E-state index is 13.4. The Morgan fingerprint density at radius 1 is 1.18 bits per heavy atom. The summed E-state index contributed by atoms with van der Waals surface area (Å²) >= 11 is 0. The van der Waals surface area contributed by atoms with Crippen LogP contribution in [-0.2, 0) is 5.41 Å². The smallest absolute Gasteiger partial charge is 0.255 e. The van der Waals surface area contributed by atoms with Crippen molar-refractivity contribution in [2.75, 3.05) is 24.3 Å². The van der Waals surface area contributed by atoms with E-state index in [-0.39, 0.29) is 11.3 Å². The van der Waals surface area contributed by atoms with E-state index in [9.17, 15) is 10.1 Å². The Labute approximate surface area is 234 Å². The van der Waals surface area contributed by atoms with Gasteiger partial charge in [0.2, 0.25) is 0 Å². The second-order valence-corrected chi connectivity index (χ2v) is 11.2. The molecule has 9 nitrogen and oxygen atoms in total. The summed E-state index contributed by atoms with van der Waals surface area (Å²) in [5.74, 6) is 1.63. The zero-order chi connectivity index (χ0) is 28.4. The van der Waals surface area contributed by atoms with Gasteiger partial charge in [-0.1, -0.05) is 32.1 Å². The number of anilines is 2. The van der Waals surface area contributed by atoms with Crippen molar-refractivity contribution < 1.29 is 9.53 Å². The van der Waals surface area contributed by atoms with Crippen LogP contribution in [0.4, 0.5) is 11.5 Å². The summed E-state index contributed by atoms with van der Waals surface area (Å²) in [4.78, 5) is 17.9. The molecule has 2 aromatic carbocycles. The summed E-state index contributed by atoms with van der Waals surface area (Å²) in [5.41, 5.74) is 5.16. The molecule has 40 heavy (non-hydrogen) atoms. The van der Waals surface area contributed by atoms with Gasteiger partial charge in [-0.05, 0) is 78.6 Å². The Morgan fingerprint density at radius 2 is 1.98 bits per heavy atom. The normalized spacial score (nSPS) is 13.0. The molecule has 2 aromatic heterocycles. The van der Waals surface area contributed by atoms with Gasteiger partial charge in [0.15, 0.2) is 5.75 Å². The minimum Gasteiger partial charge on any atom is -0.493 e. The molecular formula is C31H33N7O2. The number of nitrogens with one attached hydrogen (secondary N) is 2. The van der Waals surface area contributed by atoms with E-state index in [4.69, 9.17) is 4.74 Å². The first kappa shape index (κ1) is 26.9. The fraction of sp³-hybridized carbons (Fsp3) is 0.323. The fourth-order valence-electron chi connectivity index (χ4n) is 4.38. The maximum Gasteiger partial charge on any atom is 0.255 e. The van der Waals surface area contributed by atoms with Crippen LogP contribution in [0.5, 0.6) is 5.75 Å². The average Bonchev–Trinajstić information content (AvgIpc) is 3.65. The van der Waals surface area contributed by atoms with Crippen molar-refractivity contribution in [3.05, 3.63) is 77.1 Å². The lowest BCUT2D eigenvalue weighted by atomic mass is 9.85. The Kier molecular flexibility index (Phi) is 7.26. The van der Waals surface area contributed by atoms with Crippen molar-refractivity contribution in [3.63, 3.8) is 0 Å². The van der Waals surface area contributed by atoms with E-state index in [2.05, 4.69) is 52.8 Å². The van der Waals surface area contributed by atoms with Crippen molar-refractivity contribution in [1.82, 2.24) is 20.0 Å². The molecule has 5 rings (SSSR count). The second-order valence-electron chi connectivity index (χ2n) is 11.2. The van der Waals surface area contributed by atoms with Gasteiger partial charge in [-0.2, -0.15) is 5.26 Å². The third-order valence-corrected chi connectivity index (χ3v) is 7.07. The lowest BCUT2D eigenvalue weighted by Crippen LogP contribution is -2.17. The standard InChI is InChI=1S/C31H33N7O2/c1-19-6-9-21(30(39)35-25-14-24(31(2,3)4)12-23(15-32)29(25)40-5)13-27(19)38-18-26(36-37-38)22-10-11-28(34-17-22)33-16-20-7-8-20/h6,9-14,17-18,20H,7-8,16H2,1-5H3,(H,33,34)(H,35,39). The number of aromatic nitrogens is 4. The van der Waals surface area contributed by atoms with Gasteiger partial charge < -0.3 is 15.4 Å². The fourth-order valence-corrected chi connectivity index (χ4v) is 4.38. The molecule has 0 atom stereocenters. The quantitative estimate of drug-likeness (QED) is 0.289. The van der Waals surface area contributed by atoms with Crippen LogP contribution < -0.4 is 15.4 Å². The highest BCUT2D eigenvalue weighted by atomic mass is 16.5. The molecule has 0 unspecified atom stereocenters. The van der Waals surface area contributed by atoms with Gasteiger partial charge in [0.05, 0.1) is 30.2 Å². The first-order valence-electron chi connectivity index (χ1n) is 13.3. The van der Waals surface area contributed by atoms with E-state index in [0.717, 1.165) is 40.7 Å². The van der Waals surface area contributed by atoms with Gasteiger partial charge in [0.1, 0.15) is 17.6 Å². The highest BCUT2D eigenvalue weighted by Crippen LogP contribution is 2.35. The van der Waals surface area contributed by atoms with Gasteiger partial charge in [-0.25, -0.2) is 9.67 Å². The zero-order valence-corrected chi connectivity index (χ0v) is 23.4. The number of ether oxygens (including phenoxy) is 1. The summed E-state index contributed by atoms with van der Waals surface area (Å²) in [5, 5.41) is 24.7. The Morgan fingerprint density at radius 3 is 2.62 bits per heavy atom. The molecule has 4 aromatic rings. The lowest BCUT2D eigenvalue weighted by molar-refractivity contribution is 0.102. The van der Waals surface area contributed by atoms with E-state index in [0.29, 0.717) is 28.3 Å². The van der Waals surface area contributed by atoms with Crippen molar-refractivity contribution in [2.45, 2.75) is 46.0 Å². The third-order valence-electron chi connectivity index (χ3n) is 7.07. The first-order chi connectivity index (χ1) is 19.2. The molecule has 0 radical (unpaired) electrons. The summed E-state index contributed by atoms with van der Waals surface area (Å²) in [6.07, 6.45) is 6.19. The van der Waals surface area contributed by atoms with E-state index in [1.54, 1.807) is 29.1 Å². The van der Waals surface area contributed by atoms with Crippen LogP contribution in [-0.4, -0.2) is 39.5 Å². The van der Waals surface area contributed by atoms with Crippen LogP contribution in [0.1, 0.15) is 60.7 Å². The molecule has 1 saturated carbocycles. The van der Waals surface area contributed by atoms with Crippen molar-refractivity contribution >= 4 is 17.4 Å². The van der Waals surface area contributed by atoms with Gasteiger partial charge >= 0.3 is 0 Å². The van der Waals surface area contributed by atoms with Crippen molar-refractivity contribution in [1.29, 1.82) is 5.26 Å². The summed E-state index contributed by atoms with van der Waals surface area (Å²) in [6.45, 7) is 9.07. The average molecular weight is 536 g/mol. The number of aryl methyl sites for hydroxylation is 1. The number of amides is 1. The topological polar surface area (TPSA) is 118 Å². The zero-order valence-electron chi connectivity index (χ0n) is 23.4. The van der Waals surface area contributed by atoms with E-state index in [1.165, 1.54) is 20.0 Å². The number of rotatable bonds is 8. The number of carbonyl (C=O) groups is 1. The highest BCUT2D eigenvalue weighted by Gasteiger charge is 2.22. The molecule has 2 heterocycles. The first-order valence-corrected chi connectivity index (χ1v) is 13.3. The number of pyridine rings is 1. The number of hydrogen-bond acceptors (Lipinski definition) is 7. The summed E-state index contributed by atoms with van der Waals surface area (Å²) in [7, 11) is 1.49. The van der Waals surface area contributed by atoms with Crippen LogP contribution in [0.3, 0.4) is 0 Å². The molecule has 1 aliphatic carbocycles. The minimum absolute atomic E-state index is 0.220. The number of benzene rings is 2. The van der Waals surface area contributed by atoms with Gasteiger partial charge in [-0.3, -0.25) is 4.79 Å². The van der Waals surface area contributed by atoms with Crippen LogP contribution in [0.15, 0.2) is 54.9 Å². The minimum atomic E-state index is -0.326. The number of hydrogen-bond donors (Lipinski definition) is 2. The lowest BCUT2D eigenvalue weighted by Gasteiger charge is -2.22. The number of carbonyl (C=O) groups excluding carboxylic acids is 1. The largest absolute Gasteiger partial charge is 0.493 e. The molecule has 0 bridgehead atoms. The predicted octanol–water partition coefficient (Wildman–Crippen LogP) is 5.89. The Bertz CT molecular complexity index is 1590. The second kappa shape index (κ2) is 10.8. The van der Waals surface area contributed by atoms with E-state index >= 15 is 0 Å². The van der Waals surface area contributed by atoms with Gasteiger partial charge in [0, 0.05) is 23.9 Å². The molecule has 204 valence electrons. The number of nitrogens with zero attached hydrogens (tertiary/aromatic N) is 5. The number of methoxy groups -OCH3 is 1. The van der Waals surface area contributed by atoms with Gasteiger partial charge in [0.25, 0.3) is 5.91 Å². The molecular weight excluding hydrogens is 502 g/mol. The molecule has 1 amide bonds. The van der Waals surface area contributed by atoms with Crippen LogP contribution in [0, 0.1) is 24.2 Å². The molecule has 0 saturated heterocycles. The number of nitriles is 1. The van der Waals surface area contributed by atoms with E-state index < -0.39 is 0 Å².